The molecule has 110 valence electrons. The zero-order valence-electron chi connectivity index (χ0n) is 11.5. The Bertz CT molecular complexity index is 649. The van der Waals surface area contributed by atoms with Gasteiger partial charge in [0.1, 0.15) is 5.82 Å². The molecule has 0 atom stereocenters. The largest absolute Gasteiger partial charge is 0.478 e. The van der Waals surface area contributed by atoms with Gasteiger partial charge in [-0.3, -0.25) is 0 Å². The number of hydrogen-bond donors (Lipinski definition) is 1. The third-order valence-electron chi connectivity index (χ3n) is 2.80. The Kier molecular flexibility index (Phi) is 5.59. The second kappa shape index (κ2) is 7.43. The average Bonchev–Trinajstić information content (AvgIpc) is 2.45. The van der Waals surface area contributed by atoms with Crippen molar-refractivity contribution in [3.63, 3.8) is 0 Å². The molecule has 6 heteroatoms. The van der Waals surface area contributed by atoms with Gasteiger partial charge in [-0.15, -0.1) is 11.8 Å². The summed E-state index contributed by atoms with van der Waals surface area (Å²) in [6.07, 6.45) is 2.88. The zero-order valence-corrected chi connectivity index (χ0v) is 13.1. The summed E-state index contributed by atoms with van der Waals surface area (Å²) in [6.45, 7) is 1.99. The van der Waals surface area contributed by atoms with Crippen LogP contribution in [0.1, 0.15) is 35.2 Å². The molecule has 0 radical (unpaired) electrons. The molecule has 1 aromatic heterocycles. The molecule has 1 aromatic carbocycles. The number of thioether (sulfide) groups is 1. The van der Waals surface area contributed by atoms with E-state index in [9.17, 15) is 4.79 Å². The first-order valence-electron chi connectivity index (χ1n) is 6.56. The summed E-state index contributed by atoms with van der Waals surface area (Å²) in [6, 6.07) is 7.56. The maximum atomic E-state index is 11.1. The first-order valence-corrected chi connectivity index (χ1v) is 7.93. The van der Waals surface area contributed by atoms with Gasteiger partial charge in [0.05, 0.1) is 17.0 Å². The summed E-state index contributed by atoms with van der Waals surface area (Å²) in [5, 5.41) is 9.81. The van der Waals surface area contributed by atoms with Crippen LogP contribution in [0.25, 0.3) is 0 Å². The van der Waals surface area contributed by atoms with Crippen molar-refractivity contribution >= 4 is 29.3 Å². The Morgan fingerprint density at radius 3 is 2.90 bits per heavy atom. The van der Waals surface area contributed by atoms with Crippen molar-refractivity contribution in [3.05, 3.63) is 52.6 Å². The van der Waals surface area contributed by atoms with E-state index < -0.39 is 5.97 Å². The molecule has 0 spiro atoms. The number of nitrogens with zero attached hydrogens (tertiary/aromatic N) is 2. The number of aromatic carboxylic acids is 1. The third kappa shape index (κ3) is 4.44. The molecule has 0 unspecified atom stereocenters. The van der Waals surface area contributed by atoms with E-state index in [1.54, 1.807) is 11.8 Å². The van der Waals surface area contributed by atoms with Crippen LogP contribution in [-0.4, -0.2) is 21.0 Å². The summed E-state index contributed by atoms with van der Waals surface area (Å²) in [4.78, 5) is 20.7. The van der Waals surface area contributed by atoms with Crippen LogP contribution in [0.4, 0.5) is 0 Å². The number of carboxylic acid groups (broad SMARTS) is 1. The quantitative estimate of drug-likeness (QED) is 0.812. The number of benzene rings is 1. The van der Waals surface area contributed by atoms with Crippen LogP contribution in [0.2, 0.25) is 5.02 Å². The predicted octanol–water partition coefficient (Wildman–Crippen LogP) is 4.07. The van der Waals surface area contributed by atoms with Gasteiger partial charge in [0.25, 0.3) is 0 Å². The third-order valence-corrected chi connectivity index (χ3v) is 4.02. The second-order valence-corrected chi connectivity index (χ2v) is 5.93. The van der Waals surface area contributed by atoms with Gasteiger partial charge >= 0.3 is 5.97 Å². The topological polar surface area (TPSA) is 63.1 Å². The number of rotatable bonds is 6. The highest BCUT2D eigenvalue weighted by molar-refractivity contribution is 7.98. The monoisotopic (exact) mass is 322 g/mol. The summed E-state index contributed by atoms with van der Waals surface area (Å²) in [7, 11) is 0. The van der Waals surface area contributed by atoms with E-state index in [-0.39, 0.29) is 5.56 Å². The molecule has 0 saturated heterocycles. The van der Waals surface area contributed by atoms with Crippen molar-refractivity contribution in [1.29, 1.82) is 0 Å². The lowest BCUT2D eigenvalue weighted by Crippen LogP contribution is -2.08. The minimum atomic E-state index is -0.979. The Hall–Kier alpha value is -1.59. The molecule has 0 aliphatic heterocycles. The van der Waals surface area contributed by atoms with Crippen molar-refractivity contribution in [3.8, 4) is 0 Å². The van der Waals surface area contributed by atoms with Crippen molar-refractivity contribution in [2.45, 2.75) is 30.4 Å². The van der Waals surface area contributed by atoms with Crippen molar-refractivity contribution in [1.82, 2.24) is 9.97 Å². The van der Waals surface area contributed by atoms with E-state index in [1.807, 2.05) is 31.2 Å². The lowest BCUT2D eigenvalue weighted by Gasteiger charge is -2.06. The maximum Gasteiger partial charge on any atom is 0.339 e. The van der Waals surface area contributed by atoms with Gasteiger partial charge in [-0.25, -0.2) is 14.8 Å². The molecule has 1 N–H and O–H groups in total. The van der Waals surface area contributed by atoms with Gasteiger partial charge in [0.15, 0.2) is 0 Å². The fourth-order valence-corrected chi connectivity index (χ4v) is 2.91. The van der Waals surface area contributed by atoms with Crippen LogP contribution in [-0.2, 0) is 12.2 Å². The summed E-state index contributed by atoms with van der Waals surface area (Å²) < 4.78 is 0. The van der Waals surface area contributed by atoms with Crippen LogP contribution < -0.4 is 0 Å². The standard InChI is InChI=1S/C15H15ClN2O2S/c1-2-4-13-12(15(19)20)8-17-14(18-13)9-21-11-6-3-5-10(16)7-11/h3,5-8H,2,4,9H2,1H3,(H,19,20). The van der Waals surface area contributed by atoms with E-state index in [1.165, 1.54) is 6.20 Å². The molecule has 4 nitrogen and oxygen atoms in total. The normalized spacial score (nSPS) is 10.6. The lowest BCUT2D eigenvalue weighted by molar-refractivity contribution is 0.0694. The average molecular weight is 323 g/mol. The van der Waals surface area contributed by atoms with E-state index in [0.29, 0.717) is 28.7 Å². The summed E-state index contributed by atoms with van der Waals surface area (Å²) >= 11 is 7.51. The smallest absolute Gasteiger partial charge is 0.339 e. The van der Waals surface area contributed by atoms with Gasteiger partial charge in [-0.1, -0.05) is 31.0 Å². The lowest BCUT2D eigenvalue weighted by atomic mass is 10.1. The van der Waals surface area contributed by atoms with Gasteiger partial charge in [-0.2, -0.15) is 0 Å². The second-order valence-electron chi connectivity index (χ2n) is 4.45. The highest BCUT2D eigenvalue weighted by atomic mass is 35.5. The zero-order chi connectivity index (χ0) is 15.2. The van der Waals surface area contributed by atoms with Gasteiger partial charge in [0, 0.05) is 16.1 Å². The highest BCUT2D eigenvalue weighted by Gasteiger charge is 2.13. The number of aromatic nitrogens is 2. The fourth-order valence-electron chi connectivity index (χ4n) is 1.84. The van der Waals surface area contributed by atoms with Crippen molar-refractivity contribution in [2.24, 2.45) is 0 Å². The SMILES string of the molecule is CCCc1nc(CSc2cccc(Cl)c2)ncc1C(=O)O. The molecular formula is C15H15ClN2O2S. The Balaban J connectivity index is 2.13. The molecule has 0 bridgehead atoms. The fraction of sp³-hybridized carbons (Fsp3) is 0.267. The van der Waals surface area contributed by atoms with E-state index in [2.05, 4.69) is 9.97 Å². The number of carboxylic acids is 1. The number of hydrogen-bond acceptors (Lipinski definition) is 4. The molecule has 1 heterocycles. The molecule has 2 rings (SSSR count). The van der Waals surface area contributed by atoms with E-state index in [0.717, 1.165) is 11.3 Å². The minimum Gasteiger partial charge on any atom is -0.478 e. The number of aryl methyl sites for hydroxylation is 1. The Morgan fingerprint density at radius 2 is 2.24 bits per heavy atom. The first-order chi connectivity index (χ1) is 10.1. The molecule has 0 aliphatic rings. The van der Waals surface area contributed by atoms with Gasteiger partial charge in [-0.05, 0) is 24.6 Å². The number of halogens is 1. The van der Waals surface area contributed by atoms with Crippen LogP contribution in [0.15, 0.2) is 35.4 Å². The van der Waals surface area contributed by atoms with Crippen LogP contribution in [0.3, 0.4) is 0 Å². The highest BCUT2D eigenvalue weighted by Crippen LogP contribution is 2.24. The van der Waals surface area contributed by atoms with Crippen LogP contribution in [0.5, 0.6) is 0 Å². The Morgan fingerprint density at radius 1 is 1.43 bits per heavy atom. The molecule has 0 amide bonds. The minimum absolute atomic E-state index is 0.188. The summed E-state index contributed by atoms with van der Waals surface area (Å²) in [5.41, 5.74) is 0.787. The molecular weight excluding hydrogens is 308 g/mol. The van der Waals surface area contributed by atoms with Gasteiger partial charge < -0.3 is 5.11 Å². The molecule has 21 heavy (non-hydrogen) atoms. The first kappa shape index (κ1) is 15.8. The predicted molar refractivity (Wildman–Crippen MR) is 84.0 cm³/mol. The molecule has 2 aromatic rings. The van der Waals surface area contributed by atoms with E-state index >= 15 is 0 Å². The number of carbonyl (C=O) groups is 1. The molecule has 0 aliphatic carbocycles. The van der Waals surface area contributed by atoms with Crippen molar-refractivity contribution < 1.29 is 9.90 Å². The van der Waals surface area contributed by atoms with Crippen molar-refractivity contribution in [2.75, 3.05) is 0 Å². The maximum absolute atomic E-state index is 11.1. The molecule has 0 saturated carbocycles. The van der Waals surface area contributed by atoms with Crippen LogP contribution >= 0.6 is 23.4 Å². The van der Waals surface area contributed by atoms with Gasteiger partial charge in [0.2, 0.25) is 0 Å². The van der Waals surface area contributed by atoms with E-state index in [4.69, 9.17) is 16.7 Å². The Labute approximate surface area is 132 Å². The summed E-state index contributed by atoms with van der Waals surface area (Å²) in [5.74, 6) is 0.234. The van der Waals surface area contributed by atoms with Crippen LogP contribution in [0, 0.1) is 0 Å². The molecule has 0 fully saturated rings.